The molecule has 0 heterocycles. The monoisotopic (exact) mass is 406 g/mol. The topological polar surface area (TPSA) is 137 Å². The summed E-state index contributed by atoms with van der Waals surface area (Å²) in [5, 5.41) is 27.4. The number of thiol groups is 1. The number of rotatable bonds is 16. The van der Waals surface area contributed by atoms with Gasteiger partial charge in [-0.2, -0.15) is 12.6 Å². The van der Waals surface area contributed by atoms with E-state index in [1.807, 2.05) is 6.92 Å². The van der Waals surface area contributed by atoms with Crippen LogP contribution in [0.5, 0.6) is 0 Å². The number of hydrogen-bond donors (Lipinski definition) is 7. The van der Waals surface area contributed by atoms with Crippen LogP contribution in [0.15, 0.2) is 0 Å². The van der Waals surface area contributed by atoms with Crippen molar-refractivity contribution in [2.45, 2.75) is 70.6 Å². The van der Waals surface area contributed by atoms with E-state index in [-0.39, 0.29) is 31.0 Å². The van der Waals surface area contributed by atoms with E-state index in [4.69, 9.17) is 15.9 Å². The lowest BCUT2D eigenvalue weighted by atomic mass is 9.98. The van der Waals surface area contributed by atoms with Gasteiger partial charge in [0.05, 0.1) is 6.04 Å². The summed E-state index contributed by atoms with van der Waals surface area (Å²) >= 11 is 4.20. The summed E-state index contributed by atoms with van der Waals surface area (Å²) < 4.78 is 0. The second-order valence-electron chi connectivity index (χ2n) is 7.00. The normalized spacial score (nSPS) is 17.0. The number of carbonyl (C=O) groups is 2. The maximum atomic E-state index is 12.5. The van der Waals surface area contributed by atoms with Gasteiger partial charge in [0.2, 0.25) is 5.91 Å². The first-order valence-corrected chi connectivity index (χ1v) is 10.4. The molecule has 8 nitrogen and oxygen atoms in total. The minimum absolute atomic E-state index is 0.0153. The molecule has 0 fully saturated rings. The van der Waals surface area contributed by atoms with E-state index < -0.39 is 18.1 Å². The molecular formula is C18H38N4O4S. The van der Waals surface area contributed by atoms with Crippen molar-refractivity contribution in [3.8, 4) is 0 Å². The fraction of sp³-hybridized carbons (Fsp3) is 0.889. The first-order valence-electron chi connectivity index (χ1n) is 9.77. The molecular weight excluding hydrogens is 368 g/mol. The van der Waals surface area contributed by atoms with Crippen molar-refractivity contribution in [1.82, 2.24) is 16.0 Å². The maximum absolute atomic E-state index is 12.5. The molecule has 0 saturated heterocycles. The number of aliphatic hydroxyl groups is 1. The van der Waals surface area contributed by atoms with E-state index in [1.54, 1.807) is 0 Å². The molecule has 1 amide bonds. The van der Waals surface area contributed by atoms with Crippen LogP contribution in [-0.2, 0) is 9.59 Å². The van der Waals surface area contributed by atoms with Crippen LogP contribution in [0.2, 0.25) is 0 Å². The smallest absolute Gasteiger partial charge is 0.326 e. The Morgan fingerprint density at radius 2 is 1.78 bits per heavy atom. The Morgan fingerprint density at radius 1 is 1.11 bits per heavy atom. The van der Waals surface area contributed by atoms with Gasteiger partial charge < -0.3 is 31.9 Å². The molecule has 0 aromatic heterocycles. The SMILES string of the molecule is CCC[C@H](NC[C@@H](NC[C@@H](N)CS)[C@H](C)CC)C(=O)N[C@@H](CCO)C(=O)O. The zero-order chi connectivity index (χ0) is 20.8. The van der Waals surface area contributed by atoms with Gasteiger partial charge in [0.1, 0.15) is 6.04 Å². The predicted octanol–water partition coefficient (Wildman–Crippen LogP) is -0.0421. The Balaban J connectivity index is 4.86. The Morgan fingerprint density at radius 3 is 2.26 bits per heavy atom. The summed E-state index contributed by atoms with van der Waals surface area (Å²) in [6, 6.07) is -1.46. The largest absolute Gasteiger partial charge is 0.480 e. The van der Waals surface area contributed by atoms with Gasteiger partial charge in [-0.25, -0.2) is 4.79 Å². The Labute approximate surface area is 168 Å². The van der Waals surface area contributed by atoms with Crippen LogP contribution in [0.1, 0.15) is 46.5 Å². The molecule has 0 spiro atoms. The van der Waals surface area contributed by atoms with Crippen LogP contribution in [-0.4, -0.2) is 71.7 Å². The molecule has 0 aliphatic carbocycles. The molecule has 0 saturated carbocycles. The van der Waals surface area contributed by atoms with Gasteiger partial charge in [-0.1, -0.05) is 33.6 Å². The fourth-order valence-electron chi connectivity index (χ4n) is 2.67. The van der Waals surface area contributed by atoms with Crippen molar-refractivity contribution >= 4 is 24.5 Å². The lowest BCUT2D eigenvalue weighted by Gasteiger charge is -2.28. The molecule has 0 rings (SSSR count). The van der Waals surface area contributed by atoms with Gasteiger partial charge in [-0.3, -0.25) is 4.79 Å². The number of carboxylic acid groups (broad SMARTS) is 1. The standard InChI is InChI=1S/C18H38N4O4S/c1-4-6-14(17(24)22-15(7-8-23)18(25)26)21-10-16(12(3)5-2)20-9-13(19)11-27/h12-16,20-21,23,27H,4-11,19H2,1-3H3,(H,22,24)(H,25,26)/t12-,13-,14+,15+,16-/m1/s1. The Hall–Kier alpha value is -0.870. The summed E-state index contributed by atoms with van der Waals surface area (Å²) in [6.45, 7) is 7.14. The summed E-state index contributed by atoms with van der Waals surface area (Å²) in [6.07, 6.45) is 2.35. The Bertz CT molecular complexity index is 428. The average molecular weight is 407 g/mol. The average Bonchev–Trinajstić information content (AvgIpc) is 2.65. The number of amides is 1. The molecule has 0 radical (unpaired) electrons. The first kappa shape index (κ1) is 26.1. The lowest BCUT2D eigenvalue weighted by molar-refractivity contribution is -0.142. The van der Waals surface area contributed by atoms with E-state index in [1.165, 1.54) is 0 Å². The van der Waals surface area contributed by atoms with E-state index >= 15 is 0 Å². The minimum Gasteiger partial charge on any atom is -0.480 e. The predicted molar refractivity (Wildman–Crippen MR) is 111 cm³/mol. The molecule has 27 heavy (non-hydrogen) atoms. The quantitative estimate of drug-likeness (QED) is 0.179. The molecule has 0 aromatic rings. The zero-order valence-electron chi connectivity index (χ0n) is 16.8. The summed E-state index contributed by atoms with van der Waals surface area (Å²) in [4.78, 5) is 23.7. The molecule has 0 aliphatic rings. The number of nitrogens with one attached hydrogen (secondary N) is 3. The molecule has 0 unspecified atom stereocenters. The lowest BCUT2D eigenvalue weighted by Crippen LogP contribution is -2.54. The maximum Gasteiger partial charge on any atom is 0.326 e. The van der Waals surface area contributed by atoms with Gasteiger partial charge in [0.15, 0.2) is 0 Å². The van der Waals surface area contributed by atoms with Crippen LogP contribution in [0, 0.1) is 5.92 Å². The summed E-state index contributed by atoms with van der Waals surface area (Å²) in [7, 11) is 0. The van der Waals surface area contributed by atoms with E-state index in [0.717, 1.165) is 12.8 Å². The second-order valence-corrected chi connectivity index (χ2v) is 7.37. The summed E-state index contributed by atoms with van der Waals surface area (Å²) in [5.41, 5.74) is 5.93. The third kappa shape index (κ3) is 10.9. The molecule has 9 heteroatoms. The molecule has 0 aromatic carbocycles. The number of aliphatic hydroxyl groups excluding tert-OH is 1. The highest BCUT2D eigenvalue weighted by atomic mass is 32.1. The van der Waals surface area contributed by atoms with E-state index in [0.29, 0.717) is 31.2 Å². The second kappa shape index (κ2) is 15.1. The molecule has 7 N–H and O–H groups in total. The minimum atomic E-state index is -1.15. The van der Waals surface area contributed by atoms with E-state index in [9.17, 15) is 9.59 Å². The zero-order valence-corrected chi connectivity index (χ0v) is 17.7. The van der Waals surface area contributed by atoms with Crippen LogP contribution < -0.4 is 21.7 Å². The number of aliphatic carboxylic acids is 1. The van der Waals surface area contributed by atoms with Crippen molar-refractivity contribution in [2.24, 2.45) is 11.7 Å². The molecule has 0 bridgehead atoms. The Kier molecular flexibility index (Phi) is 14.6. The van der Waals surface area contributed by atoms with Crippen LogP contribution in [0.25, 0.3) is 0 Å². The molecule has 5 atom stereocenters. The number of carbonyl (C=O) groups excluding carboxylic acids is 1. The van der Waals surface area contributed by atoms with Crippen molar-refractivity contribution in [1.29, 1.82) is 0 Å². The highest BCUT2D eigenvalue weighted by Crippen LogP contribution is 2.08. The third-order valence-corrected chi connectivity index (χ3v) is 5.19. The highest BCUT2D eigenvalue weighted by Gasteiger charge is 2.25. The van der Waals surface area contributed by atoms with Gasteiger partial charge in [-0.05, 0) is 12.3 Å². The summed E-state index contributed by atoms with van der Waals surface area (Å²) in [5.74, 6) is -0.521. The highest BCUT2D eigenvalue weighted by molar-refractivity contribution is 7.80. The van der Waals surface area contributed by atoms with Gasteiger partial charge >= 0.3 is 5.97 Å². The van der Waals surface area contributed by atoms with Crippen molar-refractivity contribution in [3.63, 3.8) is 0 Å². The third-order valence-electron chi connectivity index (χ3n) is 4.72. The first-order chi connectivity index (χ1) is 12.8. The van der Waals surface area contributed by atoms with Crippen molar-refractivity contribution in [3.05, 3.63) is 0 Å². The van der Waals surface area contributed by atoms with Gasteiger partial charge in [0, 0.05) is 44.0 Å². The fourth-order valence-corrected chi connectivity index (χ4v) is 2.80. The van der Waals surface area contributed by atoms with Gasteiger partial charge in [0.25, 0.3) is 0 Å². The van der Waals surface area contributed by atoms with Crippen LogP contribution in [0.3, 0.4) is 0 Å². The van der Waals surface area contributed by atoms with Gasteiger partial charge in [-0.15, -0.1) is 0 Å². The number of hydrogen-bond acceptors (Lipinski definition) is 7. The number of carboxylic acids is 1. The molecule has 0 aliphatic heterocycles. The van der Waals surface area contributed by atoms with E-state index in [2.05, 4.69) is 42.4 Å². The van der Waals surface area contributed by atoms with Crippen molar-refractivity contribution < 1.29 is 19.8 Å². The van der Waals surface area contributed by atoms with Crippen molar-refractivity contribution in [2.75, 3.05) is 25.4 Å². The molecule has 160 valence electrons. The van der Waals surface area contributed by atoms with Crippen LogP contribution in [0.4, 0.5) is 0 Å². The van der Waals surface area contributed by atoms with Crippen LogP contribution >= 0.6 is 12.6 Å². The number of nitrogens with two attached hydrogens (primary N) is 1.